The van der Waals surface area contributed by atoms with Crippen molar-refractivity contribution in [2.45, 2.75) is 25.3 Å². The van der Waals surface area contributed by atoms with Crippen molar-refractivity contribution in [2.24, 2.45) is 0 Å². The van der Waals surface area contributed by atoms with E-state index in [1.165, 1.54) is 38.2 Å². The zero-order valence-electron chi connectivity index (χ0n) is 11.0. The lowest BCUT2D eigenvalue weighted by Gasteiger charge is -2.23. The minimum atomic E-state index is -0.465. The number of piperidine rings is 1. The van der Waals surface area contributed by atoms with Crippen molar-refractivity contribution in [3.63, 3.8) is 0 Å². The SMILES string of the molecule is COc1cc(C(=O)NCC2CCCCN2)ccc1F. The second kappa shape index (κ2) is 6.52. The topological polar surface area (TPSA) is 50.4 Å². The van der Waals surface area contributed by atoms with Crippen molar-refractivity contribution in [1.29, 1.82) is 0 Å². The van der Waals surface area contributed by atoms with Gasteiger partial charge in [-0.15, -0.1) is 0 Å². The van der Waals surface area contributed by atoms with Crippen molar-refractivity contribution in [3.05, 3.63) is 29.6 Å². The van der Waals surface area contributed by atoms with Crippen LogP contribution in [0, 0.1) is 5.82 Å². The van der Waals surface area contributed by atoms with Crippen LogP contribution in [0.3, 0.4) is 0 Å². The van der Waals surface area contributed by atoms with Crippen LogP contribution in [0.4, 0.5) is 4.39 Å². The molecule has 1 aromatic rings. The summed E-state index contributed by atoms with van der Waals surface area (Å²) in [5.74, 6) is -0.581. The lowest BCUT2D eigenvalue weighted by Crippen LogP contribution is -2.43. The molecule has 1 unspecified atom stereocenters. The van der Waals surface area contributed by atoms with E-state index >= 15 is 0 Å². The molecule has 1 aliphatic heterocycles. The molecule has 4 nitrogen and oxygen atoms in total. The average Bonchev–Trinajstić information content (AvgIpc) is 2.46. The molecule has 1 heterocycles. The van der Waals surface area contributed by atoms with Gasteiger partial charge in [-0.2, -0.15) is 0 Å². The van der Waals surface area contributed by atoms with Crippen LogP contribution in [-0.4, -0.2) is 32.1 Å². The molecule has 1 aliphatic rings. The molecule has 19 heavy (non-hydrogen) atoms. The summed E-state index contributed by atoms with van der Waals surface area (Å²) in [6.45, 7) is 1.60. The largest absolute Gasteiger partial charge is 0.494 e. The first-order valence-electron chi connectivity index (χ1n) is 6.56. The van der Waals surface area contributed by atoms with Gasteiger partial charge < -0.3 is 15.4 Å². The van der Waals surface area contributed by atoms with E-state index in [1.807, 2.05) is 0 Å². The molecular formula is C14H19FN2O2. The van der Waals surface area contributed by atoms with Gasteiger partial charge in [-0.05, 0) is 37.6 Å². The van der Waals surface area contributed by atoms with Crippen molar-refractivity contribution < 1.29 is 13.9 Å². The zero-order valence-corrected chi connectivity index (χ0v) is 11.0. The van der Waals surface area contributed by atoms with E-state index in [9.17, 15) is 9.18 Å². The summed E-state index contributed by atoms with van der Waals surface area (Å²) in [4.78, 5) is 11.9. The molecule has 0 bridgehead atoms. The van der Waals surface area contributed by atoms with Crippen LogP contribution in [0.5, 0.6) is 5.75 Å². The number of nitrogens with one attached hydrogen (secondary N) is 2. The molecule has 1 saturated heterocycles. The summed E-state index contributed by atoms with van der Waals surface area (Å²) < 4.78 is 18.1. The fourth-order valence-corrected chi connectivity index (χ4v) is 2.22. The first kappa shape index (κ1) is 13.8. The van der Waals surface area contributed by atoms with Crippen LogP contribution in [0.1, 0.15) is 29.6 Å². The number of rotatable bonds is 4. The third kappa shape index (κ3) is 3.67. The third-order valence-electron chi connectivity index (χ3n) is 3.33. The highest BCUT2D eigenvalue weighted by Crippen LogP contribution is 2.18. The predicted octanol–water partition coefficient (Wildman–Crippen LogP) is 1.71. The number of ether oxygens (including phenoxy) is 1. The van der Waals surface area contributed by atoms with Crippen molar-refractivity contribution >= 4 is 5.91 Å². The Morgan fingerprint density at radius 1 is 1.53 bits per heavy atom. The molecule has 0 aromatic heterocycles. The Labute approximate surface area is 112 Å². The molecule has 2 rings (SSSR count). The summed E-state index contributed by atoms with van der Waals surface area (Å²) in [7, 11) is 1.38. The molecule has 0 aliphatic carbocycles. The zero-order chi connectivity index (χ0) is 13.7. The summed E-state index contributed by atoms with van der Waals surface area (Å²) in [5.41, 5.74) is 0.411. The molecule has 1 amide bonds. The van der Waals surface area contributed by atoms with Crippen molar-refractivity contribution in [2.75, 3.05) is 20.2 Å². The van der Waals surface area contributed by atoms with Crippen LogP contribution >= 0.6 is 0 Å². The van der Waals surface area contributed by atoms with E-state index < -0.39 is 5.82 Å². The third-order valence-corrected chi connectivity index (χ3v) is 3.33. The maximum Gasteiger partial charge on any atom is 0.251 e. The minimum Gasteiger partial charge on any atom is -0.494 e. The average molecular weight is 266 g/mol. The summed E-state index contributed by atoms with van der Waals surface area (Å²) in [6.07, 6.45) is 3.46. The van der Waals surface area contributed by atoms with Crippen LogP contribution < -0.4 is 15.4 Å². The second-order valence-electron chi connectivity index (χ2n) is 4.71. The number of amides is 1. The van der Waals surface area contributed by atoms with Crippen LogP contribution in [-0.2, 0) is 0 Å². The van der Waals surface area contributed by atoms with E-state index in [-0.39, 0.29) is 11.7 Å². The van der Waals surface area contributed by atoms with Crippen LogP contribution in [0.25, 0.3) is 0 Å². The smallest absolute Gasteiger partial charge is 0.251 e. The monoisotopic (exact) mass is 266 g/mol. The standard InChI is InChI=1S/C14H19FN2O2/c1-19-13-8-10(5-6-12(13)15)14(18)17-9-11-4-2-3-7-16-11/h5-6,8,11,16H,2-4,7,9H2,1H3,(H,17,18). The molecule has 1 fully saturated rings. The van der Waals surface area contributed by atoms with Gasteiger partial charge in [0.15, 0.2) is 11.6 Å². The van der Waals surface area contributed by atoms with E-state index in [0.29, 0.717) is 18.2 Å². The molecule has 5 heteroatoms. The maximum absolute atomic E-state index is 13.2. The predicted molar refractivity (Wildman–Crippen MR) is 70.9 cm³/mol. The highest BCUT2D eigenvalue weighted by Gasteiger charge is 2.15. The Hall–Kier alpha value is -1.62. The summed E-state index contributed by atoms with van der Waals surface area (Å²) >= 11 is 0. The number of halogens is 1. The van der Waals surface area contributed by atoms with E-state index in [2.05, 4.69) is 10.6 Å². The van der Waals surface area contributed by atoms with Crippen LogP contribution in [0.15, 0.2) is 18.2 Å². The highest BCUT2D eigenvalue weighted by atomic mass is 19.1. The lowest BCUT2D eigenvalue weighted by atomic mass is 10.0. The second-order valence-corrected chi connectivity index (χ2v) is 4.71. The van der Waals surface area contributed by atoms with Gasteiger partial charge in [0, 0.05) is 18.2 Å². The summed E-state index contributed by atoms with van der Waals surface area (Å²) in [5, 5.41) is 6.22. The molecule has 104 valence electrons. The normalized spacial score (nSPS) is 18.9. The Morgan fingerprint density at radius 3 is 3.05 bits per heavy atom. The number of carbonyl (C=O) groups is 1. The molecule has 1 aromatic carbocycles. The van der Waals surface area contributed by atoms with Gasteiger partial charge in [0.1, 0.15) is 0 Å². The molecule has 2 N–H and O–H groups in total. The van der Waals surface area contributed by atoms with Gasteiger partial charge in [-0.25, -0.2) is 4.39 Å². The fraction of sp³-hybridized carbons (Fsp3) is 0.500. The fourth-order valence-electron chi connectivity index (χ4n) is 2.22. The number of methoxy groups -OCH3 is 1. The molecule has 0 saturated carbocycles. The van der Waals surface area contributed by atoms with E-state index in [1.54, 1.807) is 0 Å². The number of carbonyl (C=O) groups excluding carboxylic acids is 1. The Morgan fingerprint density at radius 2 is 2.37 bits per heavy atom. The first-order valence-corrected chi connectivity index (χ1v) is 6.56. The molecule has 0 spiro atoms. The van der Waals surface area contributed by atoms with Gasteiger partial charge >= 0.3 is 0 Å². The molecular weight excluding hydrogens is 247 g/mol. The van der Waals surface area contributed by atoms with Gasteiger partial charge in [0.2, 0.25) is 0 Å². The summed E-state index contributed by atoms with van der Waals surface area (Å²) in [6, 6.07) is 4.45. The first-order chi connectivity index (χ1) is 9.20. The highest BCUT2D eigenvalue weighted by molar-refractivity contribution is 5.94. The lowest BCUT2D eigenvalue weighted by molar-refractivity contribution is 0.0947. The van der Waals surface area contributed by atoms with Gasteiger partial charge in [-0.1, -0.05) is 6.42 Å². The molecule has 0 radical (unpaired) electrons. The Bertz CT molecular complexity index is 445. The van der Waals surface area contributed by atoms with E-state index in [0.717, 1.165) is 13.0 Å². The number of hydrogen-bond donors (Lipinski definition) is 2. The van der Waals surface area contributed by atoms with Crippen LogP contribution in [0.2, 0.25) is 0 Å². The van der Waals surface area contributed by atoms with Gasteiger partial charge in [-0.3, -0.25) is 4.79 Å². The maximum atomic E-state index is 13.2. The number of hydrogen-bond acceptors (Lipinski definition) is 3. The van der Waals surface area contributed by atoms with Crippen molar-refractivity contribution in [1.82, 2.24) is 10.6 Å². The van der Waals surface area contributed by atoms with Gasteiger partial charge in [0.25, 0.3) is 5.91 Å². The van der Waals surface area contributed by atoms with Gasteiger partial charge in [0.05, 0.1) is 7.11 Å². The van der Waals surface area contributed by atoms with Crippen molar-refractivity contribution in [3.8, 4) is 5.75 Å². The Balaban J connectivity index is 1.92. The van der Waals surface area contributed by atoms with E-state index in [4.69, 9.17) is 4.74 Å². The number of benzene rings is 1. The minimum absolute atomic E-state index is 0.0865. The molecule has 1 atom stereocenters. The Kier molecular flexibility index (Phi) is 4.74. The quantitative estimate of drug-likeness (QED) is 0.872.